The molecule has 0 aliphatic carbocycles. The number of ether oxygens (including phenoxy) is 1. The van der Waals surface area contributed by atoms with Crippen molar-refractivity contribution in [2.75, 3.05) is 7.11 Å². The summed E-state index contributed by atoms with van der Waals surface area (Å²) in [6, 6.07) is 12.9. The van der Waals surface area contributed by atoms with Gasteiger partial charge in [0, 0.05) is 35.5 Å². The summed E-state index contributed by atoms with van der Waals surface area (Å²) in [6.07, 6.45) is 0.449. The highest BCUT2D eigenvalue weighted by molar-refractivity contribution is 8.00. The first kappa shape index (κ1) is 19.0. The summed E-state index contributed by atoms with van der Waals surface area (Å²) in [5.74, 6) is 5.83. The first-order valence-electron chi connectivity index (χ1n) is 7.50. The third-order valence-corrected chi connectivity index (χ3v) is 4.13. The molecule has 0 saturated carbocycles. The Morgan fingerprint density at radius 2 is 1.38 bits per heavy atom. The molecule has 0 spiro atoms. The Hall–Kier alpha value is -3.29. The summed E-state index contributed by atoms with van der Waals surface area (Å²) in [7, 11) is -2.25. The molecule has 0 aliphatic heterocycles. The maximum Gasteiger partial charge on any atom is 0.284 e. The van der Waals surface area contributed by atoms with Crippen molar-refractivity contribution in [2.24, 2.45) is 0 Å². The van der Waals surface area contributed by atoms with Crippen molar-refractivity contribution in [1.29, 1.82) is 0 Å². The van der Waals surface area contributed by atoms with Crippen LogP contribution in [-0.4, -0.2) is 20.5 Å². The van der Waals surface area contributed by atoms with Gasteiger partial charge in [0.05, 0.1) is 12.0 Å². The zero-order valence-electron chi connectivity index (χ0n) is 13.9. The first-order chi connectivity index (χ1) is 12.4. The minimum absolute atomic E-state index is 0.0290. The molecule has 0 radical (unpaired) electrons. The van der Waals surface area contributed by atoms with Crippen LogP contribution in [0.3, 0.4) is 0 Å². The van der Waals surface area contributed by atoms with E-state index in [1.165, 1.54) is 24.3 Å². The van der Waals surface area contributed by atoms with Gasteiger partial charge in [-0.15, -0.1) is 0 Å². The van der Waals surface area contributed by atoms with E-state index < -0.39 is 14.8 Å². The lowest BCUT2D eigenvalue weighted by Gasteiger charge is -1.99. The third kappa shape index (κ3) is 5.97. The third-order valence-electron chi connectivity index (χ3n) is 3.30. The number of nitro groups is 1. The van der Waals surface area contributed by atoms with Crippen molar-refractivity contribution in [3.05, 3.63) is 69.8 Å². The van der Waals surface area contributed by atoms with Gasteiger partial charge < -0.3 is 4.74 Å². The van der Waals surface area contributed by atoms with Gasteiger partial charge in [-0.1, -0.05) is 36.1 Å². The number of hydrogen-bond acceptors (Lipinski definition) is 5. The number of nitro benzene ring substituents is 1. The Morgan fingerprint density at radius 1 is 0.923 bits per heavy atom. The predicted molar refractivity (Wildman–Crippen MR) is 98.0 cm³/mol. The van der Waals surface area contributed by atoms with Crippen LogP contribution in [0.15, 0.2) is 48.5 Å². The van der Waals surface area contributed by atoms with E-state index in [0.29, 0.717) is 11.3 Å². The normalized spacial score (nSPS) is 10.0. The fourth-order valence-electron chi connectivity index (χ4n) is 1.97. The van der Waals surface area contributed by atoms with Gasteiger partial charge in [-0.2, -0.15) is 0 Å². The van der Waals surface area contributed by atoms with Gasteiger partial charge in [-0.3, -0.25) is 10.1 Å². The molecule has 0 bridgehead atoms. The summed E-state index contributed by atoms with van der Waals surface area (Å²) < 4.78 is 28.6. The molecule has 0 heterocycles. The molecule has 7 heteroatoms. The minimum atomic E-state index is -3.81. The van der Waals surface area contributed by atoms with Crippen molar-refractivity contribution in [2.45, 2.75) is 12.8 Å². The predicted octanol–water partition coefficient (Wildman–Crippen LogP) is 2.73. The zero-order chi connectivity index (χ0) is 19.0. The Morgan fingerprint density at radius 3 is 1.81 bits per heavy atom. The fraction of sp³-hybridized carbons (Fsp3) is 0.158. The van der Waals surface area contributed by atoms with Gasteiger partial charge >= 0.3 is 0 Å². The average molecular weight is 369 g/mol. The molecule has 0 amide bonds. The Kier molecular flexibility index (Phi) is 6.37. The average Bonchev–Trinajstić information content (AvgIpc) is 2.62. The van der Waals surface area contributed by atoms with E-state index in [-0.39, 0.29) is 18.5 Å². The second-order valence-electron chi connectivity index (χ2n) is 5.19. The SMILES string of the molecule is COc1ccc(CC#CS(=O)(=O)C#CCc2ccc([N+](=O)[O-])cc2)cc1. The van der Waals surface area contributed by atoms with Crippen molar-refractivity contribution < 1.29 is 18.1 Å². The number of nitrogens with zero attached hydrogens (tertiary/aromatic N) is 1. The van der Waals surface area contributed by atoms with Crippen LogP contribution in [0.25, 0.3) is 0 Å². The number of hydrogen-bond donors (Lipinski definition) is 0. The van der Waals surface area contributed by atoms with E-state index in [1.54, 1.807) is 31.4 Å². The maximum atomic E-state index is 11.8. The summed E-state index contributed by atoms with van der Waals surface area (Å²) >= 11 is 0. The monoisotopic (exact) mass is 369 g/mol. The molecule has 0 unspecified atom stereocenters. The molecule has 0 N–H and O–H groups in total. The van der Waals surface area contributed by atoms with E-state index in [0.717, 1.165) is 5.56 Å². The van der Waals surface area contributed by atoms with Crippen LogP contribution in [0, 0.1) is 32.5 Å². The number of sulfone groups is 1. The first-order valence-corrected chi connectivity index (χ1v) is 8.98. The van der Waals surface area contributed by atoms with Crippen molar-refractivity contribution in [3.8, 4) is 28.1 Å². The molecule has 132 valence electrons. The number of methoxy groups -OCH3 is 1. The standard InChI is InChI=1S/C19H15NO5S/c1-25-19-12-8-17(9-13-19)5-3-15-26(23,24)14-2-4-16-6-10-18(11-7-16)20(21)22/h6-13H,4-5H2,1H3. The van der Waals surface area contributed by atoms with Gasteiger partial charge in [0.2, 0.25) is 0 Å². The Labute approximate surface area is 151 Å². The van der Waals surface area contributed by atoms with Crippen LogP contribution in [0.1, 0.15) is 11.1 Å². The summed E-state index contributed by atoms with van der Waals surface area (Å²) in [5, 5.41) is 14.9. The molecule has 26 heavy (non-hydrogen) atoms. The molecule has 0 aliphatic rings. The van der Waals surface area contributed by atoms with Crippen LogP contribution >= 0.6 is 0 Å². The summed E-state index contributed by atoms with van der Waals surface area (Å²) in [5.41, 5.74) is 1.52. The molecule has 6 nitrogen and oxygen atoms in total. The molecule has 0 saturated heterocycles. The van der Waals surface area contributed by atoms with Gasteiger partial charge in [-0.05, 0) is 23.3 Å². The van der Waals surface area contributed by atoms with E-state index in [9.17, 15) is 18.5 Å². The fourth-order valence-corrected chi connectivity index (χ4v) is 2.55. The zero-order valence-corrected chi connectivity index (χ0v) is 14.7. The maximum absolute atomic E-state index is 11.8. The lowest BCUT2D eigenvalue weighted by Crippen LogP contribution is -1.92. The quantitative estimate of drug-likeness (QED) is 0.358. The lowest BCUT2D eigenvalue weighted by atomic mass is 10.1. The second-order valence-corrected chi connectivity index (χ2v) is 6.60. The lowest BCUT2D eigenvalue weighted by molar-refractivity contribution is -0.384. The highest BCUT2D eigenvalue weighted by Gasteiger charge is 2.03. The van der Waals surface area contributed by atoms with Crippen molar-refractivity contribution in [3.63, 3.8) is 0 Å². The Balaban J connectivity index is 1.96. The van der Waals surface area contributed by atoms with Gasteiger partial charge in [-0.25, -0.2) is 8.42 Å². The number of benzene rings is 2. The number of rotatable bonds is 4. The number of non-ortho nitro benzene ring substituents is 1. The van der Waals surface area contributed by atoms with E-state index in [2.05, 4.69) is 22.3 Å². The highest BCUT2D eigenvalue weighted by atomic mass is 32.2. The minimum Gasteiger partial charge on any atom is -0.497 e. The van der Waals surface area contributed by atoms with Gasteiger partial charge in [0.25, 0.3) is 15.5 Å². The Bertz CT molecular complexity index is 1000. The topological polar surface area (TPSA) is 86.5 Å². The molecular weight excluding hydrogens is 354 g/mol. The van der Waals surface area contributed by atoms with Crippen LogP contribution < -0.4 is 4.74 Å². The van der Waals surface area contributed by atoms with Gasteiger partial charge in [0.15, 0.2) is 0 Å². The molecule has 2 aromatic rings. The van der Waals surface area contributed by atoms with E-state index >= 15 is 0 Å². The molecular formula is C19H15NO5S. The molecule has 2 aromatic carbocycles. The van der Waals surface area contributed by atoms with Crippen LogP contribution in [0.2, 0.25) is 0 Å². The highest BCUT2D eigenvalue weighted by Crippen LogP contribution is 2.12. The largest absolute Gasteiger partial charge is 0.497 e. The second kappa shape index (κ2) is 8.70. The summed E-state index contributed by atoms with van der Waals surface area (Å²) in [6.45, 7) is 0. The molecule has 2 rings (SSSR count). The van der Waals surface area contributed by atoms with E-state index in [4.69, 9.17) is 4.74 Å². The molecule has 0 atom stereocenters. The van der Waals surface area contributed by atoms with Crippen LogP contribution in [-0.2, 0) is 22.7 Å². The smallest absolute Gasteiger partial charge is 0.284 e. The molecule has 0 fully saturated rings. The van der Waals surface area contributed by atoms with Crippen molar-refractivity contribution in [1.82, 2.24) is 0 Å². The van der Waals surface area contributed by atoms with Gasteiger partial charge in [0.1, 0.15) is 5.75 Å². The van der Waals surface area contributed by atoms with Crippen LogP contribution in [0.5, 0.6) is 5.75 Å². The van der Waals surface area contributed by atoms with E-state index in [1.807, 2.05) is 0 Å². The van der Waals surface area contributed by atoms with Crippen LogP contribution in [0.4, 0.5) is 5.69 Å². The van der Waals surface area contributed by atoms with Crippen molar-refractivity contribution >= 4 is 15.5 Å². The molecule has 0 aromatic heterocycles. The summed E-state index contributed by atoms with van der Waals surface area (Å²) in [4.78, 5) is 10.1.